The molecule has 0 bridgehead atoms. The molecule has 10 nitrogen and oxygen atoms in total. The van der Waals surface area contributed by atoms with Crippen LogP contribution in [0.4, 0.5) is 4.79 Å². The number of amides is 2. The van der Waals surface area contributed by atoms with Crippen molar-refractivity contribution in [2.75, 3.05) is 0 Å². The molecule has 2 aromatic carbocycles. The minimum Gasteiger partial charge on any atom is -0.286 e. The first-order valence-electron chi connectivity index (χ1n) is 8.52. The lowest BCUT2D eigenvalue weighted by molar-refractivity contribution is -0.121. The van der Waals surface area contributed by atoms with Gasteiger partial charge in [0.2, 0.25) is 15.9 Å². The fourth-order valence-corrected chi connectivity index (χ4v) is 5.08. The molecule has 2 aliphatic rings. The highest BCUT2D eigenvalue weighted by Gasteiger charge is 2.45. The summed E-state index contributed by atoms with van der Waals surface area (Å²) in [7, 11) is -3.98. The Balaban J connectivity index is 1.79. The van der Waals surface area contributed by atoms with Crippen molar-refractivity contribution < 1.29 is 18.0 Å². The van der Waals surface area contributed by atoms with Crippen molar-refractivity contribution in [1.29, 1.82) is 0 Å². The zero-order valence-corrected chi connectivity index (χ0v) is 16.8. The number of hydrogen-bond donors (Lipinski definition) is 6. The van der Waals surface area contributed by atoms with Crippen molar-refractivity contribution in [3.8, 4) is 11.1 Å². The summed E-state index contributed by atoms with van der Waals surface area (Å²) >= 11 is 0.928. The lowest BCUT2D eigenvalue weighted by Crippen LogP contribution is -2.33. The molecule has 2 aliphatic heterocycles. The Morgan fingerprint density at radius 2 is 1.69 bits per heavy atom. The SMILES string of the molecule is CC1(c2ccc(-c3cccc(S(N)(=O)=O)c3C3NNNN3)cc2)SC(=O)NC1=O. The van der Waals surface area contributed by atoms with Crippen LogP contribution in [0.5, 0.6) is 0 Å². The summed E-state index contributed by atoms with van der Waals surface area (Å²) in [6.07, 6.45) is -0.564. The van der Waals surface area contributed by atoms with Gasteiger partial charge in [-0.05, 0) is 41.4 Å². The molecule has 12 heteroatoms. The molecule has 0 spiro atoms. The van der Waals surface area contributed by atoms with Crippen molar-refractivity contribution in [2.24, 2.45) is 5.14 Å². The maximum atomic E-state index is 12.2. The van der Waals surface area contributed by atoms with E-state index in [9.17, 15) is 18.0 Å². The van der Waals surface area contributed by atoms with E-state index in [0.717, 1.165) is 17.3 Å². The van der Waals surface area contributed by atoms with Gasteiger partial charge in [-0.1, -0.05) is 36.4 Å². The second-order valence-electron chi connectivity index (χ2n) is 6.69. The Morgan fingerprint density at radius 3 is 2.24 bits per heavy atom. The first kappa shape index (κ1) is 20.0. The Labute approximate surface area is 171 Å². The van der Waals surface area contributed by atoms with E-state index in [1.54, 1.807) is 43.3 Å². The van der Waals surface area contributed by atoms with Crippen LogP contribution in [0.15, 0.2) is 47.4 Å². The van der Waals surface area contributed by atoms with Crippen LogP contribution < -0.4 is 32.4 Å². The molecule has 2 saturated heterocycles. The minimum atomic E-state index is -3.98. The number of rotatable bonds is 4. The maximum absolute atomic E-state index is 12.2. The zero-order valence-electron chi connectivity index (χ0n) is 15.1. The second kappa shape index (κ2) is 7.18. The van der Waals surface area contributed by atoms with Gasteiger partial charge in [-0.3, -0.25) is 14.9 Å². The second-order valence-corrected chi connectivity index (χ2v) is 9.61. The number of sulfonamides is 1. The van der Waals surface area contributed by atoms with Crippen molar-refractivity contribution in [3.05, 3.63) is 53.6 Å². The average molecular weight is 435 g/mol. The topological polar surface area (TPSA) is 154 Å². The van der Waals surface area contributed by atoms with E-state index in [1.165, 1.54) is 6.07 Å². The summed E-state index contributed by atoms with van der Waals surface area (Å²) in [5.41, 5.74) is 13.6. The van der Waals surface area contributed by atoms with E-state index < -0.39 is 20.9 Å². The standard InChI is InChI=1S/C17H18N6O4S2/c1-17(15(24)19-16(25)28-17)10-7-5-9(6-8-10)11-3-2-4-12(29(18,26)27)13(11)14-20-22-23-21-14/h2-8,14,20-23H,1H3,(H2,18,26,27)(H,19,24,25). The quantitative estimate of drug-likeness (QED) is 0.399. The van der Waals surface area contributed by atoms with Crippen LogP contribution in [0.3, 0.4) is 0 Å². The monoisotopic (exact) mass is 434 g/mol. The van der Waals surface area contributed by atoms with Gasteiger partial charge in [-0.2, -0.15) is 11.1 Å². The van der Waals surface area contributed by atoms with Crippen LogP contribution in [0.25, 0.3) is 11.1 Å². The largest absolute Gasteiger partial charge is 0.287 e. The van der Waals surface area contributed by atoms with E-state index in [4.69, 9.17) is 5.14 Å². The van der Waals surface area contributed by atoms with E-state index in [2.05, 4.69) is 27.2 Å². The predicted octanol–water partition coefficient (Wildman–Crippen LogP) is 0.315. The van der Waals surface area contributed by atoms with Gasteiger partial charge in [-0.25, -0.2) is 24.4 Å². The van der Waals surface area contributed by atoms with Crippen LogP contribution in [0, 0.1) is 0 Å². The lowest BCUT2D eigenvalue weighted by Gasteiger charge is -2.21. The highest BCUT2D eigenvalue weighted by atomic mass is 32.2. The molecule has 0 saturated carbocycles. The Bertz CT molecular complexity index is 1100. The summed E-state index contributed by atoms with van der Waals surface area (Å²) in [5.74, 6) is -0.367. The molecule has 2 heterocycles. The molecule has 29 heavy (non-hydrogen) atoms. The highest BCUT2D eigenvalue weighted by molar-refractivity contribution is 8.15. The van der Waals surface area contributed by atoms with Gasteiger partial charge in [0, 0.05) is 5.56 Å². The van der Waals surface area contributed by atoms with Gasteiger partial charge in [0.05, 0.1) is 4.90 Å². The summed E-state index contributed by atoms with van der Waals surface area (Å²) in [6.45, 7) is 1.68. The third-order valence-corrected chi connectivity index (χ3v) is 6.94. The number of carbonyl (C=O) groups is 2. The van der Waals surface area contributed by atoms with Crippen molar-refractivity contribution in [1.82, 2.24) is 27.2 Å². The summed E-state index contributed by atoms with van der Waals surface area (Å²) in [4.78, 5) is 23.8. The van der Waals surface area contributed by atoms with Crippen LogP contribution >= 0.6 is 11.8 Å². The number of primary sulfonamides is 1. The molecule has 1 unspecified atom stereocenters. The smallest absolute Gasteiger partial charge is 0.286 e. The fourth-order valence-electron chi connectivity index (χ4n) is 3.37. The molecule has 0 radical (unpaired) electrons. The molecule has 0 aromatic heterocycles. The number of hydrazine groups is 3. The average Bonchev–Trinajstić information content (AvgIpc) is 3.29. The number of hydrogen-bond acceptors (Lipinski definition) is 9. The summed E-state index contributed by atoms with van der Waals surface area (Å²) in [6, 6.07) is 11.9. The minimum absolute atomic E-state index is 0.0159. The summed E-state index contributed by atoms with van der Waals surface area (Å²) in [5, 5.41) is 7.33. The van der Waals surface area contributed by atoms with E-state index in [1.807, 2.05) is 0 Å². The number of benzene rings is 2. The maximum Gasteiger partial charge on any atom is 0.287 e. The third kappa shape index (κ3) is 3.55. The normalized spacial score (nSPS) is 22.8. The first-order chi connectivity index (χ1) is 13.7. The number of carbonyl (C=O) groups excluding carboxylic acids is 2. The lowest BCUT2D eigenvalue weighted by atomic mass is 9.93. The van der Waals surface area contributed by atoms with Crippen molar-refractivity contribution >= 4 is 32.9 Å². The predicted molar refractivity (Wildman–Crippen MR) is 107 cm³/mol. The molecular weight excluding hydrogens is 416 g/mol. The molecule has 4 rings (SSSR count). The van der Waals surface area contributed by atoms with Gasteiger partial charge < -0.3 is 0 Å². The number of thioether (sulfide) groups is 1. The number of nitrogens with two attached hydrogens (primary N) is 1. The van der Waals surface area contributed by atoms with E-state index in [0.29, 0.717) is 16.7 Å². The Hall–Kier alpha value is -2.32. The molecule has 152 valence electrons. The van der Waals surface area contributed by atoms with Crippen LogP contribution in [-0.2, 0) is 19.6 Å². The van der Waals surface area contributed by atoms with E-state index in [-0.39, 0.29) is 16.0 Å². The van der Waals surface area contributed by atoms with Crippen LogP contribution in [0.1, 0.15) is 24.2 Å². The van der Waals surface area contributed by atoms with Gasteiger partial charge in [0.15, 0.2) is 0 Å². The Kier molecular flexibility index (Phi) is 4.94. The fraction of sp³-hybridized carbons (Fsp3) is 0.176. The van der Waals surface area contributed by atoms with Crippen LogP contribution in [-0.4, -0.2) is 19.6 Å². The van der Waals surface area contributed by atoms with Gasteiger partial charge in [0.25, 0.3) is 5.24 Å². The molecular formula is C17H18N6O4S2. The Morgan fingerprint density at radius 1 is 1.03 bits per heavy atom. The number of imide groups is 1. The molecule has 2 fully saturated rings. The molecule has 7 N–H and O–H groups in total. The highest BCUT2D eigenvalue weighted by Crippen LogP contribution is 2.42. The molecule has 1 atom stereocenters. The van der Waals surface area contributed by atoms with E-state index >= 15 is 0 Å². The van der Waals surface area contributed by atoms with Gasteiger partial charge in [0.1, 0.15) is 10.9 Å². The first-order valence-corrected chi connectivity index (χ1v) is 10.9. The van der Waals surface area contributed by atoms with Gasteiger partial charge in [-0.15, -0.1) is 0 Å². The van der Waals surface area contributed by atoms with Crippen molar-refractivity contribution in [2.45, 2.75) is 22.7 Å². The third-order valence-electron chi connectivity index (χ3n) is 4.85. The molecule has 0 aliphatic carbocycles. The molecule has 2 amide bonds. The molecule has 2 aromatic rings. The van der Waals surface area contributed by atoms with Crippen molar-refractivity contribution in [3.63, 3.8) is 0 Å². The van der Waals surface area contributed by atoms with Crippen LogP contribution in [0.2, 0.25) is 0 Å². The zero-order chi connectivity index (χ0) is 20.8. The van der Waals surface area contributed by atoms with Gasteiger partial charge >= 0.3 is 0 Å². The summed E-state index contributed by atoms with van der Waals surface area (Å²) < 4.78 is 23.3. The number of nitrogens with one attached hydrogen (secondary N) is 5.